The summed E-state index contributed by atoms with van der Waals surface area (Å²) in [5.41, 5.74) is 4.57. The quantitative estimate of drug-likeness (QED) is 0.591. The topological polar surface area (TPSA) is 62.3 Å². The number of rotatable bonds is 5. The fourth-order valence-electron chi connectivity index (χ4n) is 3.91. The zero-order valence-electron chi connectivity index (χ0n) is 15.9. The maximum atomic E-state index is 5.74. The number of aryl methyl sites for hydroxylation is 1. The zero-order chi connectivity index (χ0) is 18.9. The Hall–Kier alpha value is -2.41. The highest BCUT2D eigenvalue weighted by Gasteiger charge is 2.21. The number of nitrogens with zero attached hydrogens (tertiary/aromatic N) is 3. The first-order valence-electron chi connectivity index (χ1n) is 9.88. The van der Waals surface area contributed by atoms with Crippen LogP contribution in [0.4, 0.5) is 0 Å². The van der Waals surface area contributed by atoms with Crippen molar-refractivity contribution in [3.63, 3.8) is 0 Å². The van der Waals surface area contributed by atoms with Crippen LogP contribution in [-0.2, 0) is 25.1 Å². The lowest BCUT2D eigenvalue weighted by Crippen LogP contribution is -2.15. The molecule has 0 fully saturated rings. The van der Waals surface area contributed by atoms with E-state index >= 15 is 0 Å². The highest BCUT2D eigenvalue weighted by atomic mass is 32.2. The van der Waals surface area contributed by atoms with Crippen LogP contribution in [0.25, 0.3) is 11.3 Å². The maximum absolute atomic E-state index is 5.74. The van der Waals surface area contributed by atoms with Crippen LogP contribution in [0.1, 0.15) is 36.8 Å². The minimum atomic E-state index is 0.590. The molecule has 6 nitrogen and oxygen atoms in total. The van der Waals surface area contributed by atoms with Crippen LogP contribution in [0.5, 0.6) is 11.5 Å². The van der Waals surface area contributed by atoms with Gasteiger partial charge in [0, 0.05) is 29.8 Å². The Morgan fingerprint density at radius 3 is 2.86 bits per heavy atom. The molecule has 0 radical (unpaired) electrons. The largest absolute Gasteiger partial charge is 0.486 e. The third-order valence-electron chi connectivity index (χ3n) is 5.34. The fourth-order valence-corrected chi connectivity index (χ4v) is 4.91. The van der Waals surface area contributed by atoms with Crippen molar-refractivity contribution in [1.82, 2.24) is 14.7 Å². The van der Waals surface area contributed by atoms with Crippen molar-refractivity contribution in [2.75, 3.05) is 13.2 Å². The van der Waals surface area contributed by atoms with E-state index in [9.17, 15) is 0 Å². The lowest BCUT2D eigenvalue weighted by atomic mass is 9.97. The molecule has 2 aliphatic rings. The first-order chi connectivity index (χ1) is 13.8. The molecule has 0 N–H and O–H groups in total. The monoisotopic (exact) mass is 397 g/mol. The SMILES string of the molecule is CCn1c(-c2ccc3c(c2)OCCO3)cnc1SCc1noc2c1CCCC2. The summed E-state index contributed by atoms with van der Waals surface area (Å²) in [5.74, 6) is 3.48. The van der Waals surface area contributed by atoms with E-state index in [1.807, 2.05) is 18.3 Å². The van der Waals surface area contributed by atoms with E-state index in [1.165, 1.54) is 18.4 Å². The fraction of sp³-hybridized carbons (Fsp3) is 0.429. The Morgan fingerprint density at radius 1 is 1.11 bits per heavy atom. The number of thioether (sulfide) groups is 1. The molecule has 2 aromatic heterocycles. The molecule has 1 aliphatic heterocycles. The number of aromatic nitrogens is 3. The van der Waals surface area contributed by atoms with Gasteiger partial charge in [0.2, 0.25) is 0 Å². The van der Waals surface area contributed by atoms with Crippen molar-refractivity contribution in [1.29, 1.82) is 0 Å². The molecule has 146 valence electrons. The zero-order valence-corrected chi connectivity index (χ0v) is 16.8. The van der Waals surface area contributed by atoms with Crippen molar-refractivity contribution < 1.29 is 14.0 Å². The van der Waals surface area contributed by atoms with E-state index in [-0.39, 0.29) is 0 Å². The standard InChI is InChI=1S/C21H23N3O3S/c1-2-24-17(14-7-8-19-20(11-14)26-10-9-25-19)12-22-21(24)28-13-16-15-5-3-4-6-18(15)27-23-16/h7-8,11-12H,2-6,9-10,13H2,1H3. The van der Waals surface area contributed by atoms with Crippen LogP contribution < -0.4 is 9.47 Å². The van der Waals surface area contributed by atoms with Gasteiger partial charge in [-0.2, -0.15) is 0 Å². The molecule has 3 aromatic rings. The first-order valence-corrected chi connectivity index (χ1v) is 10.9. The van der Waals surface area contributed by atoms with Crippen LogP contribution in [-0.4, -0.2) is 27.9 Å². The van der Waals surface area contributed by atoms with Gasteiger partial charge in [0.15, 0.2) is 16.7 Å². The molecule has 0 saturated carbocycles. The lowest BCUT2D eigenvalue weighted by molar-refractivity contribution is 0.171. The average molecular weight is 398 g/mol. The van der Waals surface area contributed by atoms with E-state index in [1.54, 1.807) is 11.8 Å². The van der Waals surface area contributed by atoms with Crippen LogP contribution in [0.2, 0.25) is 0 Å². The van der Waals surface area contributed by atoms with Gasteiger partial charge in [0.05, 0.1) is 17.6 Å². The van der Waals surface area contributed by atoms with Gasteiger partial charge in [-0.05, 0) is 44.4 Å². The lowest BCUT2D eigenvalue weighted by Gasteiger charge is -2.19. The second kappa shape index (κ2) is 7.54. The Balaban J connectivity index is 1.38. The normalized spacial score (nSPS) is 15.5. The second-order valence-corrected chi connectivity index (χ2v) is 8.00. The third-order valence-corrected chi connectivity index (χ3v) is 6.34. The summed E-state index contributed by atoms with van der Waals surface area (Å²) >= 11 is 1.72. The molecule has 1 aliphatic carbocycles. The maximum Gasteiger partial charge on any atom is 0.168 e. The Morgan fingerprint density at radius 2 is 1.96 bits per heavy atom. The summed E-state index contributed by atoms with van der Waals surface area (Å²) in [6, 6.07) is 6.09. The number of imidazole rings is 1. The molecule has 1 aromatic carbocycles. The van der Waals surface area contributed by atoms with E-state index < -0.39 is 0 Å². The third kappa shape index (κ3) is 3.17. The van der Waals surface area contributed by atoms with Crippen molar-refractivity contribution in [2.45, 2.75) is 50.1 Å². The van der Waals surface area contributed by atoms with Gasteiger partial charge in [-0.15, -0.1) is 0 Å². The van der Waals surface area contributed by atoms with Crippen LogP contribution >= 0.6 is 11.8 Å². The summed E-state index contributed by atoms with van der Waals surface area (Å²) in [4.78, 5) is 4.68. The number of hydrogen-bond donors (Lipinski definition) is 0. The minimum Gasteiger partial charge on any atom is -0.486 e. The number of benzene rings is 1. The van der Waals surface area contributed by atoms with E-state index in [2.05, 4.69) is 27.7 Å². The van der Waals surface area contributed by atoms with Gasteiger partial charge in [-0.1, -0.05) is 16.9 Å². The Bertz CT molecular complexity index is 995. The van der Waals surface area contributed by atoms with Gasteiger partial charge < -0.3 is 18.6 Å². The smallest absolute Gasteiger partial charge is 0.168 e. The van der Waals surface area contributed by atoms with Crippen LogP contribution in [0.3, 0.4) is 0 Å². The van der Waals surface area contributed by atoms with E-state index in [0.29, 0.717) is 13.2 Å². The molecule has 0 bridgehead atoms. The molecule has 5 rings (SSSR count). The predicted molar refractivity (Wildman–Crippen MR) is 107 cm³/mol. The number of fused-ring (bicyclic) bond motifs is 2. The molecule has 0 amide bonds. The van der Waals surface area contributed by atoms with Gasteiger partial charge in [0.1, 0.15) is 19.0 Å². The van der Waals surface area contributed by atoms with Crippen LogP contribution in [0, 0.1) is 0 Å². The summed E-state index contributed by atoms with van der Waals surface area (Å²) in [7, 11) is 0. The summed E-state index contributed by atoms with van der Waals surface area (Å²) in [6.45, 7) is 4.19. The van der Waals surface area contributed by atoms with E-state index in [0.717, 1.165) is 64.5 Å². The molecular weight excluding hydrogens is 374 g/mol. The molecule has 3 heterocycles. The molecule has 0 saturated heterocycles. The minimum absolute atomic E-state index is 0.590. The van der Waals surface area contributed by atoms with Gasteiger partial charge in [-0.25, -0.2) is 4.98 Å². The summed E-state index contributed by atoms with van der Waals surface area (Å²) < 4.78 is 19.2. The molecule has 0 unspecified atom stereocenters. The Labute approximate surface area is 168 Å². The van der Waals surface area contributed by atoms with Crippen molar-refractivity contribution >= 4 is 11.8 Å². The summed E-state index contributed by atoms with van der Waals surface area (Å²) in [6.07, 6.45) is 6.47. The van der Waals surface area contributed by atoms with E-state index in [4.69, 9.17) is 14.0 Å². The predicted octanol–water partition coefficient (Wildman–Crippen LogP) is 4.50. The number of hydrogen-bond acceptors (Lipinski definition) is 6. The summed E-state index contributed by atoms with van der Waals surface area (Å²) in [5, 5.41) is 5.32. The van der Waals surface area contributed by atoms with Crippen molar-refractivity contribution in [3.05, 3.63) is 41.4 Å². The van der Waals surface area contributed by atoms with Gasteiger partial charge in [-0.3, -0.25) is 0 Å². The van der Waals surface area contributed by atoms with Crippen LogP contribution in [0.15, 0.2) is 34.1 Å². The van der Waals surface area contributed by atoms with Crippen molar-refractivity contribution in [3.8, 4) is 22.8 Å². The highest BCUT2D eigenvalue weighted by molar-refractivity contribution is 7.98. The highest BCUT2D eigenvalue weighted by Crippen LogP contribution is 2.36. The second-order valence-electron chi connectivity index (χ2n) is 7.06. The number of ether oxygens (including phenoxy) is 2. The molecule has 7 heteroatoms. The Kier molecular flexibility index (Phi) is 4.76. The average Bonchev–Trinajstić information content (AvgIpc) is 3.35. The molecule has 28 heavy (non-hydrogen) atoms. The van der Waals surface area contributed by atoms with Gasteiger partial charge in [0.25, 0.3) is 0 Å². The van der Waals surface area contributed by atoms with Gasteiger partial charge >= 0.3 is 0 Å². The molecule has 0 spiro atoms. The van der Waals surface area contributed by atoms with Crippen molar-refractivity contribution in [2.24, 2.45) is 0 Å². The molecule has 0 atom stereocenters. The first kappa shape index (κ1) is 17.7. The molecular formula is C21H23N3O3S.